The molecule has 1 atom stereocenters. The van der Waals surface area contributed by atoms with Gasteiger partial charge in [-0.2, -0.15) is 0 Å². The van der Waals surface area contributed by atoms with Gasteiger partial charge < -0.3 is 15.4 Å². The van der Waals surface area contributed by atoms with Gasteiger partial charge >= 0.3 is 0 Å². The molecule has 1 aliphatic carbocycles. The van der Waals surface area contributed by atoms with E-state index in [1.807, 2.05) is 6.07 Å². The summed E-state index contributed by atoms with van der Waals surface area (Å²) in [5.41, 5.74) is 6.19. The second kappa shape index (κ2) is 7.14. The maximum atomic E-state index is 8.89. The normalized spacial score (nSPS) is 16.3. The minimum Gasteiger partial charge on any atom is -0.384 e. The lowest BCUT2D eigenvalue weighted by Gasteiger charge is -2.24. The van der Waals surface area contributed by atoms with Gasteiger partial charge in [-0.3, -0.25) is 0 Å². The van der Waals surface area contributed by atoms with Crippen LogP contribution in [-0.2, 0) is 13.0 Å². The molecule has 1 unspecified atom stereocenters. The largest absolute Gasteiger partial charge is 0.384 e. The van der Waals surface area contributed by atoms with Crippen molar-refractivity contribution in [3.63, 3.8) is 0 Å². The quantitative estimate of drug-likeness (QED) is 0.642. The first-order valence-electron chi connectivity index (χ1n) is 8.86. The van der Waals surface area contributed by atoms with Gasteiger partial charge in [0.25, 0.3) is 0 Å². The molecule has 1 heterocycles. The van der Waals surface area contributed by atoms with E-state index in [2.05, 4.69) is 64.6 Å². The number of aromatic amines is 1. The Morgan fingerprint density at radius 3 is 2.88 bits per heavy atom. The number of aliphatic hydroxyl groups excluding tert-OH is 1. The van der Waals surface area contributed by atoms with E-state index in [0.29, 0.717) is 6.04 Å². The molecule has 3 N–H and O–H groups in total. The molecule has 0 saturated heterocycles. The van der Waals surface area contributed by atoms with E-state index in [-0.39, 0.29) is 6.61 Å². The highest BCUT2D eigenvalue weighted by molar-refractivity contribution is 5.86. The van der Waals surface area contributed by atoms with E-state index in [4.69, 9.17) is 5.11 Å². The fourth-order valence-corrected chi connectivity index (χ4v) is 3.72. The maximum Gasteiger partial charge on any atom is 0.104 e. The molecule has 0 spiro atoms. The molecule has 3 aromatic rings. The van der Waals surface area contributed by atoms with Crippen LogP contribution in [0.5, 0.6) is 0 Å². The van der Waals surface area contributed by atoms with Crippen LogP contribution in [-0.4, -0.2) is 16.7 Å². The fraction of sp³-hybridized carbons (Fsp3) is 0.273. The van der Waals surface area contributed by atoms with Crippen molar-refractivity contribution in [3.05, 3.63) is 70.9 Å². The molecule has 0 radical (unpaired) electrons. The highest BCUT2D eigenvalue weighted by Crippen LogP contribution is 2.35. The number of fused-ring (bicyclic) bond motifs is 3. The first kappa shape index (κ1) is 16.0. The lowest BCUT2D eigenvalue weighted by atomic mass is 9.91. The first-order chi connectivity index (χ1) is 12.3. The number of aryl methyl sites for hydroxylation is 1. The molecule has 0 fully saturated rings. The molecule has 1 aliphatic rings. The van der Waals surface area contributed by atoms with Gasteiger partial charge in [-0.1, -0.05) is 42.2 Å². The third kappa shape index (κ3) is 3.32. The van der Waals surface area contributed by atoms with Gasteiger partial charge in [0.15, 0.2) is 0 Å². The average molecular weight is 330 g/mol. The van der Waals surface area contributed by atoms with Gasteiger partial charge in [0, 0.05) is 34.7 Å². The Hall–Kier alpha value is -2.54. The zero-order chi connectivity index (χ0) is 17.1. The van der Waals surface area contributed by atoms with Crippen molar-refractivity contribution in [2.75, 3.05) is 6.61 Å². The van der Waals surface area contributed by atoms with E-state index in [0.717, 1.165) is 24.9 Å². The second-order valence-electron chi connectivity index (χ2n) is 6.55. The summed E-state index contributed by atoms with van der Waals surface area (Å²) in [5.74, 6) is 5.74. The van der Waals surface area contributed by atoms with Gasteiger partial charge in [-0.25, -0.2) is 0 Å². The molecule has 3 heteroatoms. The Morgan fingerprint density at radius 2 is 2.04 bits per heavy atom. The summed E-state index contributed by atoms with van der Waals surface area (Å²) >= 11 is 0. The fourth-order valence-electron chi connectivity index (χ4n) is 3.72. The standard InChI is InChI=1S/C22H22N2O/c25-13-5-8-16-11-12-20-19(14-16)18-9-4-10-21(22(18)24-20)23-15-17-6-2-1-3-7-17/h1-3,6-7,11-12,14,21,23-25H,4,9-10,13,15H2. The zero-order valence-electron chi connectivity index (χ0n) is 14.2. The molecule has 0 aliphatic heterocycles. The SMILES string of the molecule is OCC#Cc1ccc2[nH]c3c(c2c1)CCCC3NCc1ccccc1. The summed E-state index contributed by atoms with van der Waals surface area (Å²) in [5, 5.41) is 13.9. The van der Waals surface area contributed by atoms with Crippen LogP contribution in [0.2, 0.25) is 0 Å². The second-order valence-corrected chi connectivity index (χ2v) is 6.55. The minimum absolute atomic E-state index is 0.102. The molecule has 0 saturated carbocycles. The van der Waals surface area contributed by atoms with E-state index in [1.54, 1.807) is 0 Å². The summed E-state index contributed by atoms with van der Waals surface area (Å²) in [6.45, 7) is 0.780. The predicted molar refractivity (Wildman–Crippen MR) is 101 cm³/mol. The van der Waals surface area contributed by atoms with E-state index < -0.39 is 0 Å². The number of rotatable bonds is 3. The molecule has 126 valence electrons. The summed E-state index contributed by atoms with van der Waals surface area (Å²) in [6.07, 6.45) is 3.46. The highest BCUT2D eigenvalue weighted by Gasteiger charge is 2.23. The lowest BCUT2D eigenvalue weighted by molar-refractivity contribution is 0.350. The van der Waals surface area contributed by atoms with Gasteiger partial charge in [-0.15, -0.1) is 0 Å². The highest BCUT2D eigenvalue weighted by atomic mass is 16.2. The van der Waals surface area contributed by atoms with E-state index >= 15 is 0 Å². The Labute approximate surface area is 148 Å². The Bertz CT molecular complexity index is 931. The summed E-state index contributed by atoms with van der Waals surface area (Å²) in [6, 6.07) is 17.2. The number of H-pyrrole nitrogens is 1. The number of hydrogen-bond donors (Lipinski definition) is 3. The van der Waals surface area contributed by atoms with Crippen LogP contribution >= 0.6 is 0 Å². The van der Waals surface area contributed by atoms with Crippen molar-refractivity contribution < 1.29 is 5.11 Å². The van der Waals surface area contributed by atoms with E-state index in [1.165, 1.54) is 34.1 Å². The van der Waals surface area contributed by atoms with Crippen molar-refractivity contribution in [2.45, 2.75) is 31.8 Å². The molecule has 0 amide bonds. The van der Waals surface area contributed by atoms with Gasteiger partial charge in [0.05, 0.1) is 0 Å². The van der Waals surface area contributed by atoms with Crippen LogP contribution in [0.1, 0.15) is 41.3 Å². The van der Waals surface area contributed by atoms with Crippen LogP contribution in [0, 0.1) is 11.8 Å². The Morgan fingerprint density at radius 1 is 1.16 bits per heavy atom. The van der Waals surface area contributed by atoms with Crippen molar-refractivity contribution >= 4 is 10.9 Å². The van der Waals surface area contributed by atoms with Crippen molar-refractivity contribution in [1.29, 1.82) is 0 Å². The summed E-state index contributed by atoms with van der Waals surface area (Å²) in [4.78, 5) is 3.63. The summed E-state index contributed by atoms with van der Waals surface area (Å²) < 4.78 is 0. The van der Waals surface area contributed by atoms with Crippen LogP contribution in [0.25, 0.3) is 10.9 Å². The molecular formula is C22H22N2O. The third-order valence-electron chi connectivity index (χ3n) is 4.91. The molecule has 4 rings (SSSR count). The molecule has 3 nitrogen and oxygen atoms in total. The number of hydrogen-bond acceptors (Lipinski definition) is 2. The molecule has 0 bridgehead atoms. The molecule has 25 heavy (non-hydrogen) atoms. The van der Waals surface area contributed by atoms with Gasteiger partial charge in [0.1, 0.15) is 6.61 Å². The first-order valence-corrected chi connectivity index (χ1v) is 8.86. The minimum atomic E-state index is -0.102. The Kier molecular flexibility index (Phi) is 4.56. The number of benzene rings is 2. The van der Waals surface area contributed by atoms with Crippen LogP contribution in [0.4, 0.5) is 0 Å². The number of aromatic nitrogens is 1. The third-order valence-corrected chi connectivity index (χ3v) is 4.91. The van der Waals surface area contributed by atoms with Crippen LogP contribution in [0.15, 0.2) is 48.5 Å². The lowest BCUT2D eigenvalue weighted by Crippen LogP contribution is -2.24. The zero-order valence-corrected chi connectivity index (χ0v) is 14.2. The van der Waals surface area contributed by atoms with E-state index in [9.17, 15) is 0 Å². The topological polar surface area (TPSA) is 48.0 Å². The van der Waals surface area contributed by atoms with Gasteiger partial charge in [-0.05, 0) is 48.6 Å². The molecule has 2 aromatic carbocycles. The van der Waals surface area contributed by atoms with Crippen LogP contribution in [0.3, 0.4) is 0 Å². The van der Waals surface area contributed by atoms with Gasteiger partial charge in [0.2, 0.25) is 0 Å². The van der Waals surface area contributed by atoms with Crippen LogP contribution < -0.4 is 5.32 Å². The Balaban J connectivity index is 1.62. The molecule has 1 aromatic heterocycles. The predicted octanol–water partition coefficient (Wildman–Crippen LogP) is 3.68. The number of aliphatic hydroxyl groups is 1. The van der Waals surface area contributed by atoms with Crippen molar-refractivity contribution in [1.82, 2.24) is 10.3 Å². The van der Waals surface area contributed by atoms with Crippen molar-refractivity contribution in [2.24, 2.45) is 0 Å². The monoisotopic (exact) mass is 330 g/mol. The smallest absolute Gasteiger partial charge is 0.104 e. The van der Waals surface area contributed by atoms with Crippen molar-refractivity contribution in [3.8, 4) is 11.8 Å². The maximum absolute atomic E-state index is 8.89. The molecular weight excluding hydrogens is 308 g/mol. The number of nitrogens with one attached hydrogen (secondary N) is 2. The average Bonchev–Trinajstić information content (AvgIpc) is 3.04. The summed E-state index contributed by atoms with van der Waals surface area (Å²) in [7, 11) is 0.